The summed E-state index contributed by atoms with van der Waals surface area (Å²) in [6.07, 6.45) is 8.47. The number of nitrogens with one attached hydrogen (secondary N) is 1. The van der Waals surface area contributed by atoms with Crippen LogP contribution in [0.5, 0.6) is 0 Å². The molecule has 0 bridgehead atoms. The Balaban J connectivity index is 1.86. The third-order valence-corrected chi connectivity index (χ3v) is 3.91. The highest BCUT2D eigenvalue weighted by molar-refractivity contribution is 5.49. The van der Waals surface area contributed by atoms with Gasteiger partial charge in [0.25, 0.3) is 0 Å². The summed E-state index contributed by atoms with van der Waals surface area (Å²) in [6, 6.07) is 4.85. The molecule has 0 unspecified atom stereocenters. The summed E-state index contributed by atoms with van der Waals surface area (Å²) >= 11 is 0. The maximum atomic E-state index is 4.62. The average Bonchev–Trinajstić information content (AvgIpc) is 2.94. The number of nitrogens with zero attached hydrogens (tertiary/aromatic N) is 2. The molecule has 1 aromatic rings. The number of aromatic nitrogens is 1. The van der Waals surface area contributed by atoms with E-state index in [0.717, 1.165) is 6.54 Å². The molecule has 0 amide bonds. The van der Waals surface area contributed by atoms with Gasteiger partial charge >= 0.3 is 0 Å². The molecule has 0 radical (unpaired) electrons. The van der Waals surface area contributed by atoms with E-state index in [-0.39, 0.29) is 0 Å². The third-order valence-electron chi connectivity index (χ3n) is 3.91. The van der Waals surface area contributed by atoms with Gasteiger partial charge in [-0.2, -0.15) is 0 Å². The highest BCUT2D eigenvalue weighted by atomic mass is 15.2. The number of rotatable bonds is 2. The molecule has 1 atom stereocenters. The molecule has 2 fully saturated rings. The summed E-state index contributed by atoms with van der Waals surface area (Å²) < 4.78 is 0. The first-order valence-corrected chi connectivity index (χ1v) is 6.88. The van der Waals surface area contributed by atoms with Crippen molar-refractivity contribution >= 4 is 5.82 Å². The molecule has 0 aromatic carbocycles. The minimum absolute atomic E-state index is 0.521. The smallest absolute Gasteiger partial charge is 0.133 e. The Kier molecular flexibility index (Phi) is 3.27. The van der Waals surface area contributed by atoms with Crippen LogP contribution in [0.25, 0.3) is 0 Å². The lowest BCUT2D eigenvalue weighted by Crippen LogP contribution is -2.29. The normalized spacial score (nSPS) is 25.2. The van der Waals surface area contributed by atoms with Gasteiger partial charge in [-0.05, 0) is 38.3 Å². The largest absolute Gasteiger partial charge is 0.356 e. The number of piperidine rings is 1. The van der Waals surface area contributed by atoms with Gasteiger partial charge in [-0.15, -0.1) is 0 Å². The maximum absolute atomic E-state index is 4.62. The van der Waals surface area contributed by atoms with E-state index >= 15 is 0 Å². The van der Waals surface area contributed by atoms with Crippen LogP contribution in [0.4, 0.5) is 5.82 Å². The van der Waals surface area contributed by atoms with E-state index in [1.807, 2.05) is 6.20 Å². The number of hydrogen-bond donors (Lipinski definition) is 1. The minimum atomic E-state index is 0.521. The molecule has 1 aromatic heterocycles. The second-order valence-corrected chi connectivity index (χ2v) is 5.11. The van der Waals surface area contributed by atoms with Gasteiger partial charge in [0.05, 0.1) is 0 Å². The fraction of sp³-hybridized carbons (Fsp3) is 0.643. The molecule has 1 N–H and O–H groups in total. The van der Waals surface area contributed by atoms with E-state index in [2.05, 4.69) is 27.3 Å². The van der Waals surface area contributed by atoms with Crippen LogP contribution in [0.1, 0.15) is 43.7 Å². The van der Waals surface area contributed by atoms with Crippen molar-refractivity contribution in [2.75, 3.05) is 24.5 Å². The van der Waals surface area contributed by atoms with Crippen molar-refractivity contribution in [3.8, 4) is 0 Å². The van der Waals surface area contributed by atoms with Crippen LogP contribution in [0, 0.1) is 0 Å². The molecule has 3 rings (SSSR count). The number of anilines is 1. The van der Waals surface area contributed by atoms with Crippen LogP contribution in [0.2, 0.25) is 0 Å². The van der Waals surface area contributed by atoms with E-state index in [1.54, 1.807) is 0 Å². The van der Waals surface area contributed by atoms with E-state index in [9.17, 15) is 0 Å². The van der Waals surface area contributed by atoms with Crippen LogP contribution in [0.3, 0.4) is 0 Å². The van der Waals surface area contributed by atoms with Crippen LogP contribution in [-0.4, -0.2) is 24.6 Å². The van der Waals surface area contributed by atoms with Gasteiger partial charge in [-0.1, -0.05) is 12.5 Å². The Bertz CT molecular complexity index is 365. The van der Waals surface area contributed by atoms with E-state index in [4.69, 9.17) is 0 Å². The molecule has 2 aliphatic heterocycles. The average molecular weight is 231 g/mol. The SMILES string of the molecule is c1cnc(N2CCCC2)c([C@H]2CCCCN2)c1. The Morgan fingerprint density at radius 3 is 2.82 bits per heavy atom. The Labute approximate surface area is 103 Å². The molecule has 3 nitrogen and oxygen atoms in total. The molecule has 17 heavy (non-hydrogen) atoms. The lowest BCUT2D eigenvalue weighted by Gasteiger charge is -2.28. The van der Waals surface area contributed by atoms with Crippen molar-refractivity contribution < 1.29 is 0 Å². The van der Waals surface area contributed by atoms with Crippen molar-refractivity contribution in [2.45, 2.75) is 38.1 Å². The predicted octanol–water partition coefficient (Wildman–Crippen LogP) is 2.50. The van der Waals surface area contributed by atoms with Gasteiger partial charge in [-0.3, -0.25) is 0 Å². The summed E-state index contributed by atoms with van der Waals surface area (Å²) in [7, 11) is 0. The standard InChI is InChI=1S/C14H21N3/c1-2-8-15-13(7-1)12-6-5-9-16-14(12)17-10-3-4-11-17/h5-6,9,13,15H,1-4,7-8,10-11H2/t13-/m1/s1. The van der Waals surface area contributed by atoms with Crippen molar-refractivity contribution in [3.63, 3.8) is 0 Å². The summed E-state index contributed by atoms with van der Waals surface area (Å²) in [4.78, 5) is 7.07. The van der Waals surface area contributed by atoms with Crippen LogP contribution in [-0.2, 0) is 0 Å². The monoisotopic (exact) mass is 231 g/mol. The minimum Gasteiger partial charge on any atom is -0.356 e. The molecule has 2 aliphatic rings. The number of pyridine rings is 1. The number of hydrogen-bond acceptors (Lipinski definition) is 3. The quantitative estimate of drug-likeness (QED) is 0.847. The first-order chi connectivity index (χ1) is 8.45. The second kappa shape index (κ2) is 5.05. The molecular weight excluding hydrogens is 210 g/mol. The van der Waals surface area contributed by atoms with Crippen LogP contribution < -0.4 is 10.2 Å². The zero-order valence-electron chi connectivity index (χ0n) is 10.4. The molecule has 0 spiro atoms. The zero-order chi connectivity index (χ0) is 11.5. The summed E-state index contributed by atoms with van der Waals surface area (Å²) in [5, 5.41) is 3.63. The van der Waals surface area contributed by atoms with Gasteiger partial charge in [0, 0.05) is 30.9 Å². The van der Waals surface area contributed by atoms with Gasteiger partial charge in [-0.25, -0.2) is 4.98 Å². The third kappa shape index (κ3) is 2.29. The fourth-order valence-corrected chi connectivity index (χ4v) is 2.99. The lowest BCUT2D eigenvalue weighted by atomic mass is 9.98. The van der Waals surface area contributed by atoms with Gasteiger partial charge in [0.15, 0.2) is 0 Å². The van der Waals surface area contributed by atoms with Crippen LogP contribution >= 0.6 is 0 Å². The Morgan fingerprint density at radius 2 is 2.06 bits per heavy atom. The van der Waals surface area contributed by atoms with E-state index in [0.29, 0.717) is 6.04 Å². The van der Waals surface area contributed by atoms with Crippen molar-refractivity contribution in [3.05, 3.63) is 23.9 Å². The van der Waals surface area contributed by atoms with Gasteiger partial charge in [0.1, 0.15) is 5.82 Å². The van der Waals surface area contributed by atoms with E-state index < -0.39 is 0 Å². The molecule has 0 aliphatic carbocycles. The summed E-state index contributed by atoms with van der Waals surface area (Å²) in [5.41, 5.74) is 1.41. The van der Waals surface area contributed by atoms with Crippen molar-refractivity contribution in [2.24, 2.45) is 0 Å². The second-order valence-electron chi connectivity index (χ2n) is 5.11. The zero-order valence-corrected chi connectivity index (χ0v) is 10.4. The van der Waals surface area contributed by atoms with Gasteiger partial charge < -0.3 is 10.2 Å². The molecule has 3 heterocycles. The topological polar surface area (TPSA) is 28.2 Å². The Hall–Kier alpha value is -1.09. The molecule has 3 heteroatoms. The van der Waals surface area contributed by atoms with E-state index in [1.165, 1.54) is 56.6 Å². The molecule has 0 saturated carbocycles. The predicted molar refractivity (Wildman–Crippen MR) is 70.3 cm³/mol. The Morgan fingerprint density at radius 1 is 1.18 bits per heavy atom. The van der Waals surface area contributed by atoms with Crippen LogP contribution in [0.15, 0.2) is 18.3 Å². The molecule has 2 saturated heterocycles. The highest BCUT2D eigenvalue weighted by Gasteiger charge is 2.22. The van der Waals surface area contributed by atoms with Gasteiger partial charge in [0.2, 0.25) is 0 Å². The summed E-state index contributed by atoms with van der Waals surface area (Å²) in [6.45, 7) is 3.51. The first-order valence-electron chi connectivity index (χ1n) is 6.88. The molecular formula is C14H21N3. The first kappa shape index (κ1) is 11.0. The molecule has 92 valence electrons. The fourth-order valence-electron chi connectivity index (χ4n) is 2.99. The van der Waals surface area contributed by atoms with Crippen molar-refractivity contribution in [1.82, 2.24) is 10.3 Å². The lowest BCUT2D eigenvalue weighted by molar-refractivity contribution is 0.411. The summed E-state index contributed by atoms with van der Waals surface area (Å²) in [5.74, 6) is 1.23. The highest BCUT2D eigenvalue weighted by Crippen LogP contribution is 2.30. The van der Waals surface area contributed by atoms with Crippen molar-refractivity contribution in [1.29, 1.82) is 0 Å². The maximum Gasteiger partial charge on any atom is 0.133 e.